The summed E-state index contributed by atoms with van der Waals surface area (Å²) in [5, 5.41) is 9.57. The van der Waals surface area contributed by atoms with Crippen molar-refractivity contribution in [1.82, 2.24) is 4.31 Å². The second kappa shape index (κ2) is 5.40. The van der Waals surface area contributed by atoms with Crippen LogP contribution in [-0.4, -0.2) is 36.8 Å². The van der Waals surface area contributed by atoms with E-state index in [1.807, 2.05) is 0 Å². The molecule has 0 spiro atoms. The van der Waals surface area contributed by atoms with E-state index in [9.17, 15) is 18.3 Å². The Morgan fingerprint density at radius 1 is 1.48 bits per heavy atom. The van der Waals surface area contributed by atoms with Gasteiger partial charge in [0.2, 0.25) is 15.9 Å². The molecule has 1 saturated heterocycles. The first-order chi connectivity index (χ1) is 9.67. The van der Waals surface area contributed by atoms with Crippen LogP contribution < -0.4 is 5.73 Å². The summed E-state index contributed by atoms with van der Waals surface area (Å²) in [5.74, 6) is -0.488. The zero-order chi connectivity index (χ0) is 15.8. The first-order valence-corrected chi connectivity index (χ1v) is 8.19. The summed E-state index contributed by atoms with van der Waals surface area (Å²) in [4.78, 5) is 11.6. The van der Waals surface area contributed by atoms with Gasteiger partial charge in [0.15, 0.2) is 0 Å². The molecule has 1 heterocycles. The quantitative estimate of drug-likeness (QED) is 0.851. The number of carbonyl (C=O) groups excluding carboxylic acids is 1. The average Bonchev–Trinajstić information content (AvgIpc) is 2.84. The van der Waals surface area contributed by atoms with Crippen molar-refractivity contribution in [2.75, 3.05) is 13.1 Å². The molecule has 1 aliphatic heterocycles. The minimum Gasteiger partial charge on any atom is -0.389 e. The van der Waals surface area contributed by atoms with Crippen LogP contribution in [-0.2, 0) is 14.8 Å². The first-order valence-electron chi connectivity index (χ1n) is 6.75. The topological polar surface area (TPSA) is 101 Å². The predicted molar refractivity (Wildman–Crippen MR) is 77.8 cm³/mol. The van der Waals surface area contributed by atoms with Crippen LogP contribution in [0.1, 0.15) is 31.9 Å². The predicted octanol–water partition coefficient (Wildman–Crippen LogP) is 0.626. The van der Waals surface area contributed by atoms with Gasteiger partial charge in [0.05, 0.1) is 16.4 Å². The number of hydrogen-bond donors (Lipinski definition) is 2. The van der Waals surface area contributed by atoms with E-state index in [1.54, 1.807) is 26.0 Å². The molecule has 1 aromatic carbocycles. The van der Waals surface area contributed by atoms with Crippen LogP contribution in [0.4, 0.5) is 0 Å². The average molecular weight is 312 g/mol. The van der Waals surface area contributed by atoms with Crippen molar-refractivity contribution >= 4 is 15.9 Å². The Kier molecular flexibility index (Phi) is 4.10. The Hall–Kier alpha value is -1.44. The molecule has 0 aliphatic carbocycles. The fraction of sp³-hybridized carbons (Fsp3) is 0.500. The molecule has 2 rings (SSSR count). The van der Waals surface area contributed by atoms with Crippen molar-refractivity contribution in [2.24, 2.45) is 11.1 Å². The highest BCUT2D eigenvalue weighted by atomic mass is 32.2. The van der Waals surface area contributed by atoms with Gasteiger partial charge in [-0.15, -0.1) is 0 Å². The molecular formula is C14H20N2O4S. The summed E-state index contributed by atoms with van der Waals surface area (Å²) < 4.78 is 26.5. The van der Waals surface area contributed by atoms with Crippen molar-refractivity contribution in [2.45, 2.75) is 31.3 Å². The molecule has 1 aromatic rings. The van der Waals surface area contributed by atoms with E-state index in [0.717, 1.165) is 0 Å². The van der Waals surface area contributed by atoms with Crippen LogP contribution in [0.3, 0.4) is 0 Å². The van der Waals surface area contributed by atoms with E-state index >= 15 is 0 Å². The third-order valence-corrected chi connectivity index (χ3v) is 5.85. The number of benzene rings is 1. The van der Waals surface area contributed by atoms with Gasteiger partial charge in [-0.2, -0.15) is 4.31 Å². The van der Waals surface area contributed by atoms with E-state index in [2.05, 4.69) is 0 Å². The summed E-state index contributed by atoms with van der Waals surface area (Å²) in [5.41, 5.74) is 5.06. The lowest BCUT2D eigenvalue weighted by Gasteiger charge is -2.21. The molecule has 2 atom stereocenters. The highest BCUT2D eigenvalue weighted by Gasteiger charge is 2.43. The number of amides is 1. The maximum Gasteiger partial charge on any atom is 0.243 e. The molecule has 1 amide bonds. The van der Waals surface area contributed by atoms with Gasteiger partial charge in [-0.05, 0) is 38.0 Å². The first kappa shape index (κ1) is 15.9. The molecule has 0 bridgehead atoms. The summed E-state index contributed by atoms with van der Waals surface area (Å²) in [6, 6.07) is 6.21. The van der Waals surface area contributed by atoms with Crippen molar-refractivity contribution in [3.8, 4) is 0 Å². The molecule has 21 heavy (non-hydrogen) atoms. The Bertz CT molecular complexity index is 657. The Morgan fingerprint density at radius 3 is 2.67 bits per heavy atom. The van der Waals surface area contributed by atoms with Gasteiger partial charge in [0, 0.05) is 13.1 Å². The molecule has 7 heteroatoms. The second-order valence-electron chi connectivity index (χ2n) is 5.76. The van der Waals surface area contributed by atoms with Crippen LogP contribution in [0, 0.1) is 5.41 Å². The van der Waals surface area contributed by atoms with Gasteiger partial charge >= 0.3 is 0 Å². The number of aliphatic hydroxyl groups excluding tert-OH is 1. The Labute approximate surface area is 124 Å². The zero-order valence-electron chi connectivity index (χ0n) is 12.1. The summed E-state index contributed by atoms with van der Waals surface area (Å²) in [6.45, 7) is 3.60. The molecule has 116 valence electrons. The third kappa shape index (κ3) is 2.95. The minimum absolute atomic E-state index is 0.0869. The smallest absolute Gasteiger partial charge is 0.243 e. The van der Waals surface area contributed by atoms with Gasteiger partial charge in [-0.1, -0.05) is 12.1 Å². The van der Waals surface area contributed by atoms with Crippen molar-refractivity contribution < 1.29 is 18.3 Å². The number of aliphatic hydroxyl groups is 1. The van der Waals surface area contributed by atoms with Gasteiger partial charge in [-0.3, -0.25) is 4.79 Å². The van der Waals surface area contributed by atoms with Crippen molar-refractivity contribution in [3.05, 3.63) is 29.8 Å². The number of hydrogen-bond acceptors (Lipinski definition) is 4. The lowest BCUT2D eigenvalue weighted by molar-refractivity contribution is -0.126. The molecule has 6 nitrogen and oxygen atoms in total. The van der Waals surface area contributed by atoms with Crippen LogP contribution in [0.2, 0.25) is 0 Å². The molecule has 0 saturated carbocycles. The lowest BCUT2D eigenvalue weighted by Crippen LogP contribution is -2.38. The minimum atomic E-state index is -3.68. The highest BCUT2D eigenvalue weighted by molar-refractivity contribution is 7.89. The second-order valence-corrected chi connectivity index (χ2v) is 7.70. The molecule has 0 radical (unpaired) electrons. The Morgan fingerprint density at radius 2 is 2.14 bits per heavy atom. The Balaban J connectivity index is 2.32. The van der Waals surface area contributed by atoms with Gasteiger partial charge in [0.1, 0.15) is 0 Å². The maximum absolute atomic E-state index is 12.6. The maximum atomic E-state index is 12.6. The molecule has 3 N–H and O–H groups in total. The SMILES string of the molecule is CC(O)c1cccc(S(=O)(=O)N2CCC(C)(C(N)=O)C2)c1. The fourth-order valence-electron chi connectivity index (χ4n) is 2.41. The molecule has 2 unspecified atom stereocenters. The number of nitrogens with two attached hydrogens (primary N) is 1. The van der Waals surface area contributed by atoms with Crippen LogP contribution >= 0.6 is 0 Å². The molecule has 1 fully saturated rings. The van der Waals surface area contributed by atoms with E-state index in [0.29, 0.717) is 12.0 Å². The number of rotatable bonds is 4. The normalized spacial score (nSPS) is 24.9. The van der Waals surface area contributed by atoms with Gasteiger partial charge in [-0.25, -0.2) is 8.42 Å². The number of carbonyl (C=O) groups is 1. The van der Waals surface area contributed by atoms with Crippen LogP contribution in [0.5, 0.6) is 0 Å². The summed E-state index contributed by atoms with van der Waals surface area (Å²) in [7, 11) is -3.68. The monoisotopic (exact) mass is 312 g/mol. The van der Waals surface area contributed by atoms with Crippen molar-refractivity contribution in [3.63, 3.8) is 0 Å². The van der Waals surface area contributed by atoms with E-state index < -0.39 is 27.4 Å². The molecule has 1 aliphatic rings. The summed E-state index contributed by atoms with van der Waals surface area (Å²) >= 11 is 0. The molecular weight excluding hydrogens is 292 g/mol. The van der Waals surface area contributed by atoms with Crippen LogP contribution in [0.15, 0.2) is 29.2 Å². The van der Waals surface area contributed by atoms with E-state index in [4.69, 9.17) is 5.73 Å². The molecule has 0 aromatic heterocycles. The fourth-order valence-corrected chi connectivity index (χ4v) is 4.03. The van der Waals surface area contributed by atoms with Gasteiger partial charge < -0.3 is 10.8 Å². The third-order valence-electron chi connectivity index (χ3n) is 4.01. The van der Waals surface area contributed by atoms with Crippen molar-refractivity contribution in [1.29, 1.82) is 0 Å². The van der Waals surface area contributed by atoms with E-state index in [1.165, 1.54) is 16.4 Å². The number of nitrogens with zero attached hydrogens (tertiary/aromatic N) is 1. The van der Waals surface area contributed by atoms with E-state index in [-0.39, 0.29) is 18.0 Å². The van der Waals surface area contributed by atoms with Gasteiger partial charge in [0.25, 0.3) is 0 Å². The number of sulfonamides is 1. The lowest BCUT2D eigenvalue weighted by atomic mass is 9.89. The number of primary amides is 1. The van der Waals surface area contributed by atoms with Crippen LogP contribution in [0.25, 0.3) is 0 Å². The standard InChI is InChI=1S/C14H20N2O4S/c1-10(17)11-4-3-5-12(8-11)21(19,20)16-7-6-14(2,9-16)13(15)18/h3-5,8,10,17H,6-7,9H2,1-2H3,(H2,15,18). The largest absolute Gasteiger partial charge is 0.389 e. The zero-order valence-corrected chi connectivity index (χ0v) is 12.9. The summed E-state index contributed by atoms with van der Waals surface area (Å²) in [6.07, 6.45) is -0.327. The highest BCUT2D eigenvalue weighted by Crippen LogP contribution is 2.33.